The number of fused-ring (bicyclic) bond motifs is 1. The smallest absolute Gasteiger partial charge is 0.269 e. The Kier molecular flexibility index (Phi) is 3.97. The number of hydrogen-bond donors (Lipinski definition) is 1. The van der Waals surface area contributed by atoms with Crippen molar-refractivity contribution in [3.8, 4) is 0 Å². The lowest BCUT2D eigenvalue weighted by molar-refractivity contribution is -0.121. The molecule has 0 fully saturated rings. The van der Waals surface area contributed by atoms with Gasteiger partial charge in [0.05, 0.1) is 23.8 Å². The van der Waals surface area contributed by atoms with Crippen LogP contribution in [0, 0.1) is 6.92 Å². The van der Waals surface area contributed by atoms with E-state index in [1.807, 2.05) is 25.1 Å². The second kappa shape index (κ2) is 6.07. The van der Waals surface area contributed by atoms with Gasteiger partial charge in [-0.2, -0.15) is 0 Å². The number of amides is 1. The summed E-state index contributed by atoms with van der Waals surface area (Å²) in [6, 6.07) is 7.24. The summed E-state index contributed by atoms with van der Waals surface area (Å²) in [5, 5.41) is 3.63. The number of aryl methyl sites for hydroxylation is 1. The second-order valence-corrected chi connectivity index (χ2v) is 6.13. The Morgan fingerprint density at radius 2 is 2.09 bits per heavy atom. The maximum atomic E-state index is 12.1. The van der Waals surface area contributed by atoms with Gasteiger partial charge in [0.15, 0.2) is 0 Å². The molecular weight excluding hydrogens is 300 g/mol. The van der Waals surface area contributed by atoms with Gasteiger partial charge in [-0.1, -0.05) is 12.1 Å². The number of nitrogens with zero attached hydrogens (tertiary/aromatic N) is 3. The van der Waals surface area contributed by atoms with Crippen LogP contribution in [-0.4, -0.2) is 20.4 Å². The predicted molar refractivity (Wildman–Crippen MR) is 84.7 cm³/mol. The summed E-state index contributed by atoms with van der Waals surface area (Å²) in [5.41, 5.74) is 1.04. The highest BCUT2D eigenvalue weighted by atomic mass is 32.1. The van der Waals surface area contributed by atoms with Crippen LogP contribution in [0.2, 0.25) is 0 Å². The first-order valence-corrected chi connectivity index (χ1v) is 7.58. The molecule has 0 saturated heterocycles. The van der Waals surface area contributed by atoms with Crippen molar-refractivity contribution in [2.75, 3.05) is 0 Å². The first-order valence-electron chi connectivity index (χ1n) is 6.76. The molecule has 7 heteroatoms. The molecule has 0 radical (unpaired) electrons. The molecule has 6 nitrogen and oxygen atoms in total. The molecule has 1 N–H and O–H groups in total. The molecule has 3 rings (SSSR count). The van der Waals surface area contributed by atoms with Crippen molar-refractivity contribution in [3.63, 3.8) is 0 Å². The Balaban J connectivity index is 1.76. The van der Waals surface area contributed by atoms with E-state index in [0.717, 1.165) is 9.88 Å². The fraction of sp³-hybridized carbons (Fsp3) is 0.200. The molecule has 0 bridgehead atoms. The van der Waals surface area contributed by atoms with Crippen molar-refractivity contribution >= 4 is 28.3 Å². The number of carbonyl (C=O) groups excluding carboxylic acids is 1. The fourth-order valence-electron chi connectivity index (χ4n) is 2.13. The largest absolute Gasteiger partial charge is 0.348 e. The lowest BCUT2D eigenvalue weighted by atomic mass is 10.3. The normalized spacial score (nSPS) is 10.8. The van der Waals surface area contributed by atoms with Gasteiger partial charge in [0, 0.05) is 11.1 Å². The average molecular weight is 314 g/mol. The van der Waals surface area contributed by atoms with Gasteiger partial charge in [-0.05, 0) is 19.1 Å². The minimum Gasteiger partial charge on any atom is -0.348 e. The van der Waals surface area contributed by atoms with E-state index in [2.05, 4.69) is 15.3 Å². The Bertz CT molecular complexity index is 884. The molecule has 22 heavy (non-hydrogen) atoms. The number of para-hydroxylation sites is 2. The van der Waals surface area contributed by atoms with Crippen LogP contribution < -0.4 is 10.9 Å². The van der Waals surface area contributed by atoms with E-state index in [0.29, 0.717) is 17.6 Å². The zero-order chi connectivity index (χ0) is 15.5. The van der Waals surface area contributed by atoms with Gasteiger partial charge in [-0.25, -0.2) is 9.97 Å². The monoisotopic (exact) mass is 314 g/mol. The quantitative estimate of drug-likeness (QED) is 0.791. The van der Waals surface area contributed by atoms with Crippen molar-refractivity contribution in [2.24, 2.45) is 0 Å². The molecule has 112 valence electrons. The third-order valence-electron chi connectivity index (χ3n) is 3.16. The summed E-state index contributed by atoms with van der Waals surface area (Å²) in [6.45, 7) is 2.30. The van der Waals surface area contributed by atoms with Crippen LogP contribution in [0.3, 0.4) is 0 Å². The van der Waals surface area contributed by atoms with Gasteiger partial charge in [0.1, 0.15) is 11.6 Å². The van der Waals surface area contributed by atoms with E-state index >= 15 is 0 Å². The molecule has 1 amide bonds. The van der Waals surface area contributed by atoms with E-state index in [9.17, 15) is 9.59 Å². The van der Waals surface area contributed by atoms with E-state index in [1.54, 1.807) is 12.3 Å². The molecule has 0 aliphatic heterocycles. The highest BCUT2D eigenvalue weighted by Crippen LogP contribution is 2.11. The Morgan fingerprint density at radius 1 is 1.27 bits per heavy atom. The van der Waals surface area contributed by atoms with Gasteiger partial charge in [0.25, 0.3) is 5.56 Å². The van der Waals surface area contributed by atoms with Gasteiger partial charge < -0.3 is 5.32 Å². The number of rotatable bonds is 4. The highest BCUT2D eigenvalue weighted by Gasteiger charge is 2.09. The van der Waals surface area contributed by atoms with Crippen LogP contribution in [0.4, 0.5) is 0 Å². The van der Waals surface area contributed by atoms with Gasteiger partial charge >= 0.3 is 0 Å². The molecule has 0 aliphatic carbocycles. The highest BCUT2D eigenvalue weighted by molar-refractivity contribution is 7.11. The molecule has 0 spiro atoms. The standard InChI is InChI=1S/C15H14N4O2S/c1-10-6-18-14(22-10)7-17-13(20)9-19-12-5-3-2-4-11(12)16-8-15(19)21/h2-6,8H,7,9H2,1H3,(H,17,20). The van der Waals surface area contributed by atoms with Crippen molar-refractivity contribution in [1.29, 1.82) is 0 Å². The third-order valence-corrected chi connectivity index (χ3v) is 4.07. The second-order valence-electron chi connectivity index (χ2n) is 4.81. The Hall–Kier alpha value is -2.54. The minimum atomic E-state index is -0.293. The number of hydrogen-bond acceptors (Lipinski definition) is 5. The Labute approximate surface area is 130 Å². The first-order chi connectivity index (χ1) is 10.6. The maximum Gasteiger partial charge on any atom is 0.269 e. The summed E-state index contributed by atoms with van der Waals surface area (Å²) in [7, 11) is 0. The van der Waals surface area contributed by atoms with E-state index < -0.39 is 0 Å². The topological polar surface area (TPSA) is 76.9 Å². The van der Waals surface area contributed by atoms with Crippen molar-refractivity contribution in [3.05, 3.63) is 56.9 Å². The average Bonchev–Trinajstić information content (AvgIpc) is 2.94. The number of nitrogens with one attached hydrogen (secondary N) is 1. The summed E-state index contributed by atoms with van der Waals surface area (Å²) in [6.07, 6.45) is 3.01. The van der Waals surface area contributed by atoms with Crippen molar-refractivity contribution in [1.82, 2.24) is 19.9 Å². The summed E-state index contributed by atoms with van der Waals surface area (Å²) >= 11 is 1.54. The van der Waals surface area contributed by atoms with Crippen LogP contribution in [0.15, 0.2) is 41.5 Å². The van der Waals surface area contributed by atoms with Crippen LogP contribution >= 0.6 is 11.3 Å². The lowest BCUT2D eigenvalue weighted by Gasteiger charge is -2.09. The lowest BCUT2D eigenvalue weighted by Crippen LogP contribution is -2.32. The van der Waals surface area contributed by atoms with Crippen LogP contribution in [0.1, 0.15) is 9.88 Å². The van der Waals surface area contributed by atoms with Crippen LogP contribution in [-0.2, 0) is 17.9 Å². The Morgan fingerprint density at radius 3 is 2.86 bits per heavy atom. The van der Waals surface area contributed by atoms with Gasteiger partial charge in [-0.3, -0.25) is 14.2 Å². The first kappa shape index (κ1) is 14.4. The predicted octanol–water partition coefficient (Wildman–Crippen LogP) is 1.48. The molecule has 3 aromatic rings. The molecule has 0 saturated carbocycles. The molecule has 1 aromatic carbocycles. The zero-order valence-corrected chi connectivity index (χ0v) is 12.8. The molecule has 2 heterocycles. The summed E-state index contributed by atoms with van der Waals surface area (Å²) in [4.78, 5) is 33.4. The molecule has 0 unspecified atom stereocenters. The third kappa shape index (κ3) is 3.04. The van der Waals surface area contributed by atoms with E-state index in [-0.39, 0.29) is 18.0 Å². The molecule has 2 aromatic heterocycles. The number of carbonyl (C=O) groups is 1. The summed E-state index contributed by atoms with van der Waals surface area (Å²) in [5.74, 6) is -0.230. The zero-order valence-electron chi connectivity index (χ0n) is 11.9. The van der Waals surface area contributed by atoms with Gasteiger partial charge in [-0.15, -0.1) is 11.3 Å². The summed E-state index contributed by atoms with van der Waals surface area (Å²) < 4.78 is 1.42. The number of benzene rings is 1. The van der Waals surface area contributed by atoms with Crippen LogP contribution in [0.5, 0.6) is 0 Å². The minimum absolute atomic E-state index is 0.0355. The molecular formula is C15H14N4O2S. The van der Waals surface area contributed by atoms with E-state index in [4.69, 9.17) is 0 Å². The van der Waals surface area contributed by atoms with E-state index in [1.165, 1.54) is 22.1 Å². The molecule has 0 aliphatic rings. The fourth-order valence-corrected chi connectivity index (χ4v) is 2.86. The van der Waals surface area contributed by atoms with Crippen molar-refractivity contribution < 1.29 is 4.79 Å². The SMILES string of the molecule is Cc1cnc(CNC(=O)Cn2c(=O)cnc3ccccc32)s1. The number of thiazole rings is 1. The molecule has 0 atom stereocenters. The van der Waals surface area contributed by atoms with Crippen molar-refractivity contribution in [2.45, 2.75) is 20.0 Å². The number of aromatic nitrogens is 3. The maximum absolute atomic E-state index is 12.1. The van der Waals surface area contributed by atoms with Gasteiger partial charge in [0.2, 0.25) is 5.91 Å². The van der Waals surface area contributed by atoms with Crippen LogP contribution in [0.25, 0.3) is 11.0 Å².